The van der Waals surface area contributed by atoms with Crippen molar-refractivity contribution < 1.29 is 32.0 Å². The zero-order valence-corrected chi connectivity index (χ0v) is 17.9. The highest BCUT2D eigenvalue weighted by molar-refractivity contribution is 5.71. The second-order valence-electron chi connectivity index (χ2n) is 8.30. The summed E-state index contributed by atoms with van der Waals surface area (Å²) in [6, 6.07) is 3.41. The molecule has 1 aromatic carbocycles. The van der Waals surface area contributed by atoms with Crippen LogP contribution in [0.25, 0.3) is 0 Å². The van der Waals surface area contributed by atoms with Crippen LogP contribution in [0.5, 0.6) is 11.5 Å². The van der Waals surface area contributed by atoms with Gasteiger partial charge in [-0.15, -0.1) is 0 Å². The predicted octanol–water partition coefficient (Wildman–Crippen LogP) is 5.50. The maximum Gasteiger partial charge on any atom is 0.308 e. The van der Waals surface area contributed by atoms with Gasteiger partial charge in [0.05, 0.1) is 0 Å². The van der Waals surface area contributed by atoms with Crippen molar-refractivity contribution >= 4 is 11.9 Å². The van der Waals surface area contributed by atoms with E-state index in [0.29, 0.717) is 17.6 Å². The van der Waals surface area contributed by atoms with E-state index in [1.165, 1.54) is 13.8 Å². The van der Waals surface area contributed by atoms with Crippen LogP contribution < -0.4 is 9.47 Å². The lowest BCUT2D eigenvalue weighted by Gasteiger charge is -2.49. The summed E-state index contributed by atoms with van der Waals surface area (Å²) < 4.78 is 67.1. The number of hydrogen-bond acceptors (Lipinski definition) is 5. The average molecular weight is 421 g/mol. The molecule has 30 heavy (non-hydrogen) atoms. The fraction of sp³-hybridized carbons (Fsp3) is 0.600. The van der Waals surface area contributed by atoms with Crippen LogP contribution in [0.3, 0.4) is 0 Å². The lowest BCUT2D eigenvalue weighted by atomic mass is 9.64. The third-order valence-electron chi connectivity index (χ3n) is 5.85. The summed E-state index contributed by atoms with van der Waals surface area (Å²) in [6.07, 6.45) is 2.64. The summed E-state index contributed by atoms with van der Waals surface area (Å²) in [4.78, 5) is 23.7. The average Bonchev–Trinajstić information content (AvgIpc) is 2.71. The summed E-state index contributed by atoms with van der Waals surface area (Å²) in [7, 11) is 0. The molecule has 1 aromatic rings. The number of aryl methyl sites for hydroxylation is 1. The summed E-state index contributed by atoms with van der Waals surface area (Å²) in [5, 5.41) is 0. The van der Waals surface area contributed by atoms with Gasteiger partial charge in [0.2, 0.25) is 0 Å². The number of carbonyl (C=O) groups is 2. The SMILES string of the molecule is [2H]C([2H])([2H])C1(C([2H])([2H])[2H])Oc2cc(CCCCC)cc(OC(C)=O)c2C2CC(=C)C(OC(C)=O)CC21. The van der Waals surface area contributed by atoms with Gasteiger partial charge in [-0.2, -0.15) is 0 Å². The molecule has 0 N–H and O–H groups in total. The van der Waals surface area contributed by atoms with E-state index in [1.54, 1.807) is 12.1 Å². The molecule has 3 unspecified atom stereocenters. The van der Waals surface area contributed by atoms with Crippen LogP contribution in [0.1, 0.15) is 91.8 Å². The fourth-order valence-electron chi connectivity index (χ4n) is 4.52. The summed E-state index contributed by atoms with van der Waals surface area (Å²) in [5.74, 6) is -2.61. The largest absolute Gasteiger partial charge is 0.487 e. The molecule has 1 aliphatic heterocycles. The molecule has 1 saturated carbocycles. The van der Waals surface area contributed by atoms with Crippen molar-refractivity contribution in [3.63, 3.8) is 0 Å². The molecule has 1 aliphatic carbocycles. The van der Waals surface area contributed by atoms with E-state index in [0.717, 1.165) is 24.8 Å². The lowest BCUT2D eigenvalue weighted by Crippen LogP contribution is -2.49. The quantitative estimate of drug-likeness (QED) is 0.263. The molecule has 5 nitrogen and oxygen atoms in total. The van der Waals surface area contributed by atoms with Gasteiger partial charge in [0, 0.05) is 39.5 Å². The van der Waals surface area contributed by atoms with Crippen LogP contribution in [0.2, 0.25) is 0 Å². The van der Waals surface area contributed by atoms with Crippen LogP contribution >= 0.6 is 0 Å². The van der Waals surface area contributed by atoms with Gasteiger partial charge in [0.15, 0.2) is 0 Å². The smallest absolute Gasteiger partial charge is 0.308 e. The van der Waals surface area contributed by atoms with Crippen LogP contribution in [-0.2, 0) is 20.7 Å². The first kappa shape index (κ1) is 15.5. The standard InChI is InChI=1S/C25H34O5/c1-7-8-9-10-18-12-22(29-17(4)27)24-19-11-15(2)21(28-16(3)26)14-20(19)25(5,6)30-23(24)13-18/h12-13,19-21H,2,7-11,14H2,1,3-6H3/i5D3,6D3. The Kier molecular flexibility index (Phi) is 4.56. The van der Waals surface area contributed by atoms with Crippen LogP contribution in [0.15, 0.2) is 24.3 Å². The summed E-state index contributed by atoms with van der Waals surface area (Å²) in [6.45, 7) is 2.51. The first-order valence-electron chi connectivity index (χ1n) is 13.5. The third-order valence-corrected chi connectivity index (χ3v) is 5.85. The first-order chi connectivity index (χ1) is 16.6. The molecule has 0 bridgehead atoms. The molecule has 1 heterocycles. The van der Waals surface area contributed by atoms with E-state index in [1.807, 2.05) is 0 Å². The summed E-state index contributed by atoms with van der Waals surface area (Å²) in [5.41, 5.74) is -0.827. The number of ether oxygens (including phenoxy) is 3. The van der Waals surface area contributed by atoms with Gasteiger partial charge < -0.3 is 14.2 Å². The van der Waals surface area contributed by atoms with Crippen molar-refractivity contribution in [3.05, 3.63) is 35.4 Å². The molecule has 5 heteroatoms. The zero-order valence-electron chi connectivity index (χ0n) is 23.9. The number of unbranched alkanes of at least 4 members (excludes halogenated alkanes) is 2. The topological polar surface area (TPSA) is 61.8 Å². The van der Waals surface area contributed by atoms with Gasteiger partial charge in [0.25, 0.3) is 0 Å². The van der Waals surface area contributed by atoms with E-state index in [2.05, 4.69) is 13.5 Å². The van der Waals surface area contributed by atoms with Crippen molar-refractivity contribution in [2.24, 2.45) is 5.92 Å². The van der Waals surface area contributed by atoms with Gasteiger partial charge in [-0.25, -0.2) is 0 Å². The Bertz CT molecular complexity index is 1010. The molecular formula is C25H34O5. The summed E-state index contributed by atoms with van der Waals surface area (Å²) >= 11 is 0. The minimum absolute atomic E-state index is 0.0903. The minimum Gasteiger partial charge on any atom is -0.487 e. The van der Waals surface area contributed by atoms with Crippen molar-refractivity contribution in [2.75, 3.05) is 0 Å². The number of hydrogen-bond donors (Lipinski definition) is 0. The van der Waals surface area contributed by atoms with E-state index < -0.39 is 49.2 Å². The van der Waals surface area contributed by atoms with Crippen molar-refractivity contribution in [3.8, 4) is 11.5 Å². The predicted molar refractivity (Wildman–Crippen MR) is 116 cm³/mol. The van der Waals surface area contributed by atoms with E-state index >= 15 is 0 Å². The number of carbonyl (C=O) groups excluding carboxylic acids is 2. The molecular weight excluding hydrogens is 380 g/mol. The first-order valence-corrected chi connectivity index (χ1v) is 10.5. The number of esters is 2. The number of fused-ring (bicyclic) bond motifs is 3. The Balaban J connectivity index is 2.27. The molecule has 164 valence electrons. The molecule has 0 spiro atoms. The van der Waals surface area contributed by atoms with Crippen LogP contribution in [0, 0.1) is 5.92 Å². The number of rotatable bonds is 6. The van der Waals surface area contributed by atoms with Gasteiger partial charge >= 0.3 is 11.9 Å². The monoisotopic (exact) mass is 420 g/mol. The number of benzene rings is 1. The van der Waals surface area contributed by atoms with Crippen LogP contribution in [-0.4, -0.2) is 23.6 Å². The molecule has 0 radical (unpaired) electrons. The lowest BCUT2D eigenvalue weighted by molar-refractivity contribution is -0.148. The normalized spacial score (nSPS) is 28.1. The Labute approximate surface area is 188 Å². The van der Waals surface area contributed by atoms with E-state index in [4.69, 9.17) is 22.4 Å². The van der Waals surface area contributed by atoms with E-state index in [9.17, 15) is 9.59 Å². The van der Waals surface area contributed by atoms with E-state index in [-0.39, 0.29) is 24.3 Å². The molecule has 0 amide bonds. The highest BCUT2D eigenvalue weighted by atomic mass is 16.5. The van der Waals surface area contributed by atoms with Crippen LogP contribution in [0.4, 0.5) is 0 Å². The minimum atomic E-state index is -3.04. The molecule has 3 atom stereocenters. The van der Waals surface area contributed by atoms with Crippen molar-refractivity contribution in [2.45, 2.75) is 90.6 Å². The van der Waals surface area contributed by atoms with Gasteiger partial charge in [-0.1, -0.05) is 26.3 Å². The Morgan fingerprint density at radius 2 is 2.03 bits per heavy atom. The van der Waals surface area contributed by atoms with Gasteiger partial charge in [-0.05, 0) is 62.7 Å². The Hall–Kier alpha value is -2.30. The highest BCUT2D eigenvalue weighted by Crippen LogP contribution is 2.56. The molecule has 0 aromatic heterocycles. The second-order valence-corrected chi connectivity index (χ2v) is 8.30. The third kappa shape index (κ3) is 4.71. The second kappa shape index (κ2) is 8.83. The maximum absolute atomic E-state index is 12.0. The molecule has 1 fully saturated rings. The Morgan fingerprint density at radius 1 is 1.27 bits per heavy atom. The maximum atomic E-state index is 12.0. The molecule has 2 aliphatic rings. The van der Waals surface area contributed by atoms with Crippen molar-refractivity contribution in [1.82, 2.24) is 0 Å². The zero-order chi connectivity index (χ0) is 27.1. The van der Waals surface area contributed by atoms with Gasteiger partial charge in [-0.3, -0.25) is 9.59 Å². The van der Waals surface area contributed by atoms with Gasteiger partial charge in [0.1, 0.15) is 23.2 Å². The highest BCUT2D eigenvalue weighted by Gasteiger charge is 2.49. The molecule has 0 saturated heterocycles. The van der Waals surface area contributed by atoms with Crippen molar-refractivity contribution in [1.29, 1.82) is 0 Å². The fourth-order valence-corrected chi connectivity index (χ4v) is 4.52. The molecule has 3 rings (SSSR count). The Morgan fingerprint density at radius 3 is 2.67 bits per heavy atom.